The van der Waals surface area contributed by atoms with Crippen LogP contribution < -0.4 is 0 Å². The van der Waals surface area contributed by atoms with Gasteiger partial charge in [0, 0.05) is 6.20 Å². The molecular formula is C7H7BrN4S. The average molecular weight is 259 g/mol. The maximum Gasteiger partial charge on any atom is 0.233 e. The van der Waals surface area contributed by atoms with Gasteiger partial charge in [0.1, 0.15) is 0 Å². The van der Waals surface area contributed by atoms with Crippen LogP contribution in [0.15, 0.2) is 16.3 Å². The lowest BCUT2D eigenvalue weighted by atomic mass is 10.3. The smallest absolute Gasteiger partial charge is 0.212 e. The van der Waals surface area contributed by atoms with Crippen molar-refractivity contribution in [2.75, 3.05) is 0 Å². The zero-order valence-electron chi connectivity index (χ0n) is 6.94. The molecule has 0 saturated carbocycles. The minimum atomic E-state index is 0.774. The number of halogens is 1. The molecule has 2 aromatic heterocycles. The second-order valence-electron chi connectivity index (χ2n) is 2.48. The van der Waals surface area contributed by atoms with Crippen LogP contribution in [0.4, 0.5) is 0 Å². The summed E-state index contributed by atoms with van der Waals surface area (Å²) in [6, 6.07) is 0. The third-order valence-corrected chi connectivity index (χ3v) is 2.98. The first-order valence-electron chi connectivity index (χ1n) is 3.82. The highest BCUT2D eigenvalue weighted by molar-refractivity contribution is 9.11. The fourth-order valence-corrected chi connectivity index (χ4v) is 1.96. The van der Waals surface area contributed by atoms with Gasteiger partial charge in [-0.3, -0.25) is 0 Å². The molecule has 68 valence electrons. The van der Waals surface area contributed by atoms with Gasteiger partial charge in [-0.15, -0.1) is 10.2 Å². The lowest BCUT2D eigenvalue weighted by molar-refractivity contribution is 0.844. The molecular weight excluding hydrogens is 252 g/mol. The number of hydrogen-bond donors (Lipinski definition) is 0. The first kappa shape index (κ1) is 8.83. The Balaban J connectivity index is 2.35. The van der Waals surface area contributed by atoms with Gasteiger partial charge < -0.3 is 0 Å². The fraction of sp³-hybridized carbons (Fsp3) is 0.286. The van der Waals surface area contributed by atoms with Crippen molar-refractivity contribution in [3.8, 4) is 5.13 Å². The molecule has 0 unspecified atom stereocenters. The Morgan fingerprint density at radius 3 is 2.92 bits per heavy atom. The Hall–Kier alpha value is -0.750. The van der Waals surface area contributed by atoms with Crippen LogP contribution in [-0.2, 0) is 6.42 Å². The minimum absolute atomic E-state index is 0.774. The highest BCUT2D eigenvalue weighted by Crippen LogP contribution is 2.18. The normalized spacial score (nSPS) is 10.6. The van der Waals surface area contributed by atoms with Crippen LogP contribution in [0, 0.1) is 0 Å². The van der Waals surface area contributed by atoms with Gasteiger partial charge in [-0.25, -0.2) is 4.68 Å². The van der Waals surface area contributed by atoms with Gasteiger partial charge in [-0.1, -0.05) is 18.3 Å². The van der Waals surface area contributed by atoms with Crippen molar-refractivity contribution in [2.45, 2.75) is 13.3 Å². The summed E-state index contributed by atoms with van der Waals surface area (Å²) in [6.45, 7) is 2.09. The summed E-state index contributed by atoms with van der Waals surface area (Å²) in [4.78, 5) is 0. The first-order valence-corrected chi connectivity index (χ1v) is 5.43. The number of rotatable bonds is 2. The molecule has 0 aromatic carbocycles. The molecule has 0 spiro atoms. The lowest BCUT2D eigenvalue weighted by Crippen LogP contribution is -1.92. The third-order valence-electron chi connectivity index (χ3n) is 1.63. The third kappa shape index (κ3) is 1.78. The van der Waals surface area contributed by atoms with E-state index in [9.17, 15) is 0 Å². The molecule has 0 bridgehead atoms. The van der Waals surface area contributed by atoms with E-state index in [1.807, 2.05) is 12.4 Å². The fourth-order valence-electron chi connectivity index (χ4n) is 0.938. The molecule has 13 heavy (non-hydrogen) atoms. The first-order chi connectivity index (χ1) is 6.29. The summed E-state index contributed by atoms with van der Waals surface area (Å²) >= 11 is 4.72. The molecule has 0 atom stereocenters. The van der Waals surface area contributed by atoms with Crippen LogP contribution in [0.1, 0.15) is 12.5 Å². The molecule has 0 N–H and O–H groups in total. The topological polar surface area (TPSA) is 43.6 Å². The molecule has 0 aliphatic rings. The van der Waals surface area contributed by atoms with Crippen LogP contribution in [0.2, 0.25) is 0 Å². The van der Waals surface area contributed by atoms with Crippen LogP contribution in [0.5, 0.6) is 0 Å². The Morgan fingerprint density at radius 1 is 1.54 bits per heavy atom. The van der Waals surface area contributed by atoms with Crippen molar-refractivity contribution in [1.82, 2.24) is 20.0 Å². The monoisotopic (exact) mass is 258 g/mol. The Morgan fingerprint density at radius 2 is 2.38 bits per heavy atom. The van der Waals surface area contributed by atoms with E-state index in [4.69, 9.17) is 0 Å². The highest BCUT2D eigenvalue weighted by atomic mass is 79.9. The minimum Gasteiger partial charge on any atom is -0.212 e. The Bertz CT molecular complexity index is 408. The standard InChI is InChI=1S/C7H7BrN4S/c1-2-5-3-9-12(4-5)7-11-10-6(8)13-7/h3-4H,2H2,1H3. The van der Waals surface area contributed by atoms with Crippen molar-refractivity contribution in [3.63, 3.8) is 0 Å². The van der Waals surface area contributed by atoms with Crippen molar-refractivity contribution in [1.29, 1.82) is 0 Å². The van der Waals surface area contributed by atoms with E-state index in [0.717, 1.165) is 15.5 Å². The molecule has 0 fully saturated rings. The summed E-state index contributed by atoms with van der Waals surface area (Å²) in [6.07, 6.45) is 4.79. The van der Waals surface area contributed by atoms with Gasteiger partial charge in [0.05, 0.1) is 6.20 Å². The van der Waals surface area contributed by atoms with Gasteiger partial charge >= 0.3 is 0 Å². The lowest BCUT2D eigenvalue weighted by Gasteiger charge is -1.89. The summed E-state index contributed by atoms with van der Waals surface area (Å²) < 4.78 is 2.51. The van der Waals surface area contributed by atoms with Crippen LogP contribution in [0.3, 0.4) is 0 Å². The van der Waals surface area contributed by atoms with Gasteiger partial charge in [-0.2, -0.15) is 5.10 Å². The van der Waals surface area contributed by atoms with Crippen LogP contribution in [0.25, 0.3) is 5.13 Å². The van der Waals surface area contributed by atoms with Gasteiger partial charge in [-0.05, 0) is 27.9 Å². The van der Waals surface area contributed by atoms with Crippen molar-refractivity contribution in [2.24, 2.45) is 0 Å². The van der Waals surface area contributed by atoms with Gasteiger partial charge in [0.15, 0.2) is 3.92 Å². The summed E-state index contributed by atoms with van der Waals surface area (Å²) in [5.41, 5.74) is 1.20. The number of aromatic nitrogens is 4. The Kier molecular flexibility index (Phi) is 2.41. The molecule has 0 amide bonds. The van der Waals surface area contributed by atoms with Crippen LogP contribution >= 0.6 is 27.3 Å². The van der Waals surface area contributed by atoms with E-state index in [0.29, 0.717) is 0 Å². The van der Waals surface area contributed by atoms with E-state index >= 15 is 0 Å². The maximum atomic E-state index is 4.17. The van der Waals surface area contributed by atoms with Crippen LogP contribution in [-0.4, -0.2) is 20.0 Å². The van der Waals surface area contributed by atoms with Crippen molar-refractivity contribution >= 4 is 27.3 Å². The molecule has 0 radical (unpaired) electrons. The molecule has 6 heteroatoms. The zero-order chi connectivity index (χ0) is 9.26. The van der Waals surface area contributed by atoms with Gasteiger partial charge in [0.2, 0.25) is 5.13 Å². The summed E-state index contributed by atoms with van der Waals surface area (Å²) in [5, 5.41) is 12.8. The second-order valence-corrected chi connectivity index (χ2v) is 4.72. The van der Waals surface area contributed by atoms with E-state index in [1.165, 1.54) is 16.9 Å². The van der Waals surface area contributed by atoms with E-state index < -0.39 is 0 Å². The van der Waals surface area contributed by atoms with Crippen molar-refractivity contribution in [3.05, 3.63) is 21.9 Å². The maximum absolute atomic E-state index is 4.17. The average Bonchev–Trinajstić information content (AvgIpc) is 2.71. The number of aryl methyl sites for hydroxylation is 1. The predicted octanol–water partition coefficient (Wildman–Crippen LogP) is 2.05. The SMILES string of the molecule is CCc1cnn(-c2nnc(Br)s2)c1. The molecule has 2 rings (SSSR count). The quantitative estimate of drug-likeness (QED) is 0.829. The molecule has 0 saturated heterocycles. The summed E-state index contributed by atoms with van der Waals surface area (Å²) in [5.74, 6) is 0. The van der Waals surface area contributed by atoms with Crippen molar-refractivity contribution < 1.29 is 0 Å². The van der Waals surface area contributed by atoms with E-state index in [-0.39, 0.29) is 0 Å². The Labute approximate surface area is 87.7 Å². The second kappa shape index (κ2) is 3.55. The van der Waals surface area contributed by atoms with E-state index in [1.54, 1.807) is 4.68 Å². The molecule has 0 aliphatic carbocycles. The summed E-state index contributed by atoms with van der Waals surface area (Å²) in [7, 11) is 0. The highest BCUT2D eigenvalue weighted by Gasteiger charge is 2.04. The number of hydrogen-bond acceptors (Lipinski definition) is 4. The molecule has 2 heterocycles. The largest absolute Gasteiger partial charge is 0.233 e. The molecule has 2 aromatic rings. The van der Waals surface area contributed by atoms with E-state index in [2.05, 4.69) is 38.1 Å². The zero-order valence-corrected chi connectivity index (χ0v) is 9.34. The molecule has 4 nitrogen and oxygen atoms in total. The predicted molar refractivity (Wildman–Crippen MR) is 54.1 cm³/mol. The number of nitrogens with zero attached hydrogens (tertiary/aromatic N) is 4. The van der Waals surface area contributed by atoms with Gasteiger partial charge in [0.25, 0.3) is 0 Å². The molecule has 0 aliphatic heterocycles.